The van der Waals surface area contributed by atoms with Crippen molar-refractivity contribution >= 4 is 23.2 Å². The van der Waals surface area contributed by atoms with Crippen LogP contribution in [-0.2, 0) is 17.9 Å². The van der Waals surface area contributed by atoms with E-state index < -0.39 is 0 Å². The summed E-state index contributed by atoms with van der Waals surface area (Å²) in [6.45, 7) is 0.867. The molecular weight excluding hydrogens is 422 g/mol. The number of anilines is 1. The monoisotopic (exact) mass is 443 g/mol. The van der Waals surface area contributed by atoms with Crippen LogP contribution in [0.2, 0.25) is 5.02 Å². The van der Waals surface area contributed by atoms with E-state index >= 15 is 0 Å². The van der Waals surface area contributed by atoms with Crippen LogP contribution in [0, 0.1) is 0 Å². The Kier molecular flexibility index (Phi) is 6.01. The van der Waals surface area contributed by atoms with E-state index in [1.165, 1.54) is 21.3 Å². The van der Waals surface area contributed by atoms with Crippen molar-refractivity contribution in [3.05, 3.63) is 64.4 Å². The van der Waals surface area contributed by atoms with E-state index in [1.54, 1.807) is 22.9 Å². The van der Waals surface area contributed by atoms with Crippen molar-refractivity contribution in [2.75, 3.05) is 26.6 Å². The molecule has 1 aliphatic rings. The molecule has 2 aromatic carbocycles. The molecule has 1 N–H and O–H groups in total. The third kappa shape index (κ3) is 4.30. The number of carbonyl (C=O) groups is 1. The summed E-state index contributed by atoms with van der Waals surface area (Å²) in [4.78, 5) is 12.8. The first-order chi connectivity index (χ1) is 15.0. The number of carbonyl (C=O) groups excluding carboxylic acids is 1. The molecule has 8 nitrogen and oxygen atoms in total. The summed E-state index contributed by atoms with van der Waals surface area (Å²) >= 11 is 5.97. The van der Waals surface area contributed by atoms with Crippen LogP contribution in [0.4, 0.5) is 5.69 Å². The topological polar surface area (TPSA) is 83.8 Å². The standard InChI is InChI=1S/C22H22ClN3O5/c1-28-18-8-15(9-19(29-2)21(18)30-3)24-22(27)17-10-16-12-31-20(11-26(16)25-17)13-4-6-14(23)7-5-13/h4-10,20H,11-12H2,1-3H3,(H,24,27)/t20-/m0/s1. The lowest BCUT2D eigenvalue weighted by Crippen LogP contribution is -2.22. The number of methoxy groups -OCH3 is 3. The second kappa shape index (κ2) is 8.87. The molecule has 0 bridgehead atoms. The maximum atomic E-state index is 12.8. The largest absolute Gasteiger partial charge is 0.493 e. The van der Waals surface area contributed by atoms with Gasteiger partial charge in [-0.1, -0.05) is 23.7 Å². The van der Waals surface area contributed by atoms with Gasteiger partial charge in [0.15, 0.2) is 17.2 Å². The number of hydrogen-bond acceptors (Lipinski definition) is 6. The molecule has 0 saturated carbocycles. The number of aromatic nitrogens is 2. The zero-order valence-electron chi connectivity index (χ0n) is 17.3. The maximum Gasteiger partial charge on any atom is 0.276 e. The zero-order valence-corrected chi connectivity index (χ0v) is 18.1. The SMILES string of the molecule is COc1cc(NC(=O)c2cc3n(n2)C[C@@H](c2ccc(Cl)cc2)OC3)cc(OC)c1OC. The molecule has 162 valence electrons. The second-order valence-corrected chi connectivity index (χ2v) is 7.36. The summed E-state index contributed by atoms with van der Waals surface area (Å²) in [5, 5.41) is 7.97. The molecule has 0 unspecified atom stereocenters. The van der Waals surface area contributed by atoms with Crippen molar-refractivity contribution in [2.45, 2.75) is 19.3 Å². The van der Waals surface area contributed by atoms with Crippen LogP contribution in [0.5, 0.6) is 17.2 Å². The maximum absolute atomic E-state index is 12.8. The average molecular weight is 444 g/mol. The molecule has 1 atom stereocenters. The van der Waals surface area contributed by atoms with Crippen molar-refractivity contribution < 1.29 is 23.7 Å². The van der Waals surface area contributed by atoms with Crippen molar-refractivity contribution in [2.24, 2.45) is 0 Å². The van der Waals surface area contributed by atoms with Crippen LogP contribution in [0.25, 0.3) is 0 Å². The molecule has 3 aromatic rings. The molecule has 4 rings (SSSR count). The first-order valence-electron chi connectivity index (χ1n) is 9.57. The van der Waals surface area contributed by atoms with Crippen LogP contribution in [-0.4, -0.2) is 37.0 Å². The van der Waals surface area contributed by atoms with Crippen LogP contribution in [0.15, 0.2) is 42.5 Å². The number of rotatable bonds is 6. The van der Waals surface area contributed by atoms with E-state index in [0.717, 1.165) is 11.3 Å². The predicted octanol–water partition coefficient (Wildman–Crippen LogP) is 4.09. The van der Waals surface area contributed by atoms with Crippen molar-refractivity contribution in [3.8, 4) is 17.2 Å². The molecule has 2 heterocycles. The number of nitrogens with zero attached hydrogens (tertiary/aromatic N) is 2. The molecule has 0 saturated heterocycles. The second-order valence-electron chi connectivity index (χ2n) is 6.92. The summed E-state index contributed by atoms with van der Waals surface area (Å²) in [6, 6.07) is 12.6. The molecule has 1 amide bonds. The van der Waals surface area contributed by atoms with Crippen molar-refractivity contribution in [1.82, 2.24) is 9.78 Å². The third-order valence-electron chi connectivity index (χ3n) is 5.03. The molecule has 0 spiro atoms. The number of nitrogens with one attached hydrogen (secondary N) is 1. The highest BCUT2D eigenvalue weighted by atomic mass is 35.5. The molecule has 0 aliphatic carbocycles. The average Bonchev–Trinajstić information content (AvgIpc) is 3.22. The molecule has 0 radical (unpaired) electrons. The number of ether oxygens (including phenoxy) is 4. The van der Waals surface area contributed by atoms with Gasteiger partial charge in [-0.2, -0.15) is 5.10 Å². The third-order valence-corrected chi connectivity index (χ3v) is 5.28. The lowest BCUT2D eigenvalue weighted by Gasteiger charge is -2.24. The van der Waals surface area contributed by atoms with Gasteiger partial charge >= 0.3 is 0 Å². The van der Waals surface area contributed by atoms with E-state index in [9.17, 15) is 4.79 Å². The zero-order chi connectivity index (χ0) is 22.0. The smallest absolute Gasteiger partial charge is 0.276 e. The van der Waals surface area contributed by atoms with Crippen LogP contribution in [0.3, 0.4) is 0 Å². The summed E-state index contributed by atoms with van der Waals surface area (Å²) in [7, 11) is 4.56. The van der Waals surface area contributed by atoms with Crippen LogP contribution >= 0.6 is 11.6 Å². The molecule has 0 fully saturated rings. The Balaban J connectivity index is 1.52. The van der Waals surface area contributed by atoms with E-state index in [4.69, 9.17) is 30.5 Å². The van der Waals surface area contributed by atoms with E-state index in [0.29, 0.717) is 46.8 Å². The van der Waals surface area contributed by atoms with Gasteiger partial charge in [0.25, 0.3) is 5.91 Å². The van der Waals surface area contributed by atoms with Crippen molar-refractivity contribution in [1.29, 1.82) is 0 Å². The number of fused-ring (bicyclic) bond motifs is 1. The minimum atomic E-state index is -0.348. The summed E-state index contributed by atoms with van der Waals surface area (Å²) in [5.41, 5.74) is 2.64. The molecule has 1 aliphatic heterocycles. The Morgan fingerprint density at radius 1 is 1.10 bits per heavy atom. The van der Waals surface area contributed by atoms with Gasteiger partial charge in [0, 0.05) is 22.8 Å². The molecule has 9 heteroatoms. The van der Waals surface area contributed by atoms with Crippen molar-refractivity contribution in [3.63, 3.8) is 0 Å². The predicted molar refractivity (Wildman–Crippen MR) is 115 cm³/mol. The van der Waals surface area contributed by atoms with E-state index in [2.05, 4.69) is 10.4 Å². The number of halogens is 1. The van der Waals surface area contributed by atoms with Gasteiger partial charge in [-0.3, -0.25) is 9.48 Å². The lowest BCUT2D eigenvalue weighted by molar-refractivity contribution is -0.00118. The number of amides is 1. The number of hydrogen-bond donors (Lipinski definition) is 1. The fraction of sp³-hybridized carbons (Fsp3) is 0.273. The normalized spacial score (nSPS) is 15.2. The minimum absolute atomic E-state index is 0.157. The Morgan fingerprint density at radius 3 is 2.39 bits per heavy atom. The Bertz CT molecular complexity index is 1070. The van der Waals surface area contributed by atoms with Crippen LogP contribution < -0.4 is 19.5 Å². The molecule has 31 heavy (non-hydrogen) atoms. The van der Waals surface area contributed by atoms with E-state index in [-0.39, 0.29) is 12.0 Å². The lowest BCUT2D eigenvalue weighted by atomic mass is 10.1. The first kappa shape index (κ1) is 21.0. The first-order valence-corrected chi connectivity index (χ1v) is 9.95. The van der Waals surface area contributed by atoms with E-state index in [1.807, 2.05) is 24.3 Å². The van der Waals surface area contributed by atoms with Gasteiger partial charge in [0.1, 0.15) is 6.10 Å². The molecule has 1 aromatic heterocycles. The highest BCUT2D eigenvalue weighted by Gasteiger charge is 2.24. The Hall–Kier alpha value is -3.23. The highest BCUT2D eigenvalue weighted by molar-refractivity contribution is 6.30. The number of benzene rings is 2. The summed E-state index contributed by atoms with van der Waals surface area (Å²) < 4.78 is 23.7. The quantitative estimate of drug-likeness (QED) is 0.617. The van der Waals surface area contributed by atoms with Gasteiger partial charge in [-0.25, -0.2) is 0 Å². The Morgan fingerprint density at radius 2 is 1.77 bits per heavy atom. The van der Waals surface area contributed by atoms with Gasteiger partial charge in [0.2, 0.25) is 5.75 Å². The van der Waals surface area contributed by atoms with Gasteiger partial charge in [-0.15, -0.1) is 0 Å². The minimum Gasteiger partial charge on any atom is -0.493 e. The fourth-order valence-corrected chi connectivity index (χ4v) is 3.59. The summed E-state index contributed by atoms with van der Waals surface area (Å²) in [6.07, 6.45) is -0.157. The van der Waals surface area contributed by atoms with Gasteiger partial charge < -0.3 is 24.3 Å². The highest BCUT2D eigenvalue weighted by Crippen LogP contribution is 2.40. The van der Waals surface area contributed by atoms with Gasteiger partial charge in [0.05, 0.1) is 40.2 Å². The van der Waals surface area contributed by atoms with Gasteiger partial charge in [-0.05, 0) is 23.8 Å². The van der Waals surface area contributed by atoms with Crippen LogP contribution in [0.1, 0.15) is 27.8 Å². The summed E-state index contributed by atoms with van der Waals surface area (Å²) in [5.74, 6) is 0.992. The fourth-order valence-electron chi connectivity index (χ4n) is 3.46. The molecular formula is C22H22ClN3O5. The Labute approximate surface area is 184 Å².